The highest BCUT2D eigenvalue weighted by molar-refractivity contribution is 5.74. The standard InChI is InChI=1S/C20H36N2O4/c1-7-9-10-11-12-13-18(8-2)14-15-22(20(24)26-17(5)6)21-19(23)25-16(3)4/h9-10,14,16-17H,7-8,11-13,15H2,1-6H3,(H,21,23)/b10-9+,18-14+. The van der Waals surface area contributed by atoms with Gasteiger partial charge in [-0.25, -0.2) is 20.0 Å². The summed E-state index contributed by atoms with van der Waals surface area (Å²) in [4.78, 5) is 24.0. The van der Waals surface area contributed by atoms with Crippen LogP contribution < -0.4 is 5.43 Å². The summed E-state index contributed by atoms with van der Waals surface area (Å²) in [7, 11) is 0. The maximum absolute atomic E-state index is 12.2. The van der Waals surface area contributed by atoms with Crippen LogP contribution in [0.2, 0.25) is 0 Å². The molecule has 150 valence electrons. The van der Waals surface area contributed by atoms with Crippen molar-refractivity contribution in [2.75, 3.05) is 6.54 Å². The number of ether oxygens (including phenoxy) is 2. The Kier molecular flexibility index (Phi) is 13.1. The molecule has 2 amide bonds. The van der Waals surface area contributed by atoms with Crippen LogP contribution in [0.3, 0.4) is 0 Å². The van der Waals surface area contributed by atoms with E-state index in [9.17, 15) is 9.59 Å². The van der Waals surface area contributed by atoms with Crippen molar-refractivity contribution in [2.24, 2.45) is 0 Å². The Bertz CT molecular complexity index is 470. The number of hydrogen-bond acceptors (Lipinski definition) is 4. The molecule has 0 spiro atoms. The van der Waals surface area contributed by atoms with Gasteiger partial charge in [-0.05, 0) is 59.8 Å². The second-order valence-corrected chi connectivity index (χ2v) is 6.60. The smallest absolute Gasteiger partial charge is 0.429 e. The fraction of sp³-hybridized carbons (Fsp3) is 0.700. The lowest BCUT2D eigenvalue weighted by Crippen LogP contribution is -2.47. The molecule has 0 aromatic heterocycles. The Morgan fingerprint density at radius 3 is 2.23 bits per heavy atom. The molecule has 0 aliphatic rings. The van der Waals surface area contributed by atoms with Gasteiger partial charge in [-0.15, -0.1) is 0 Å². The van der Waals surface area contributed by atoms with Gasteiger partial charge in [0, 0.05) is 0 Å². The highest BCUT2D eigenvalue weighted by Crippen LogP contribution is 2.12. The van der Waals surface area contributed by atoms with E-state index in [2.05, 4.69) is 31.4 Å². The molecular weight excluding hydrogens is 332 g/mol. The molecule has 0 aliphatic heterocycles. The Morgan fingerprint density at radius 2 is 1.69 bits per heavy atom. The van der Waals surface area contributed by atoms with E-state index in [1.54, 1.807) is 27.7 Å². The number of rotatable bonds is 10. The molecule has 0 atom stereocenters. The first kappa shape index (κ1) is 24.0. The van der Waals surface area contributed by atoms with E-state index in [-0.39, 0.29) is 18.8 Å². The van der Waals surface area contributed by atoms with Crippen LogP contribution in [0.25, 0.3) is 0 Å². The summed E-state index contributed by atoms with van der Waals surface area (Å²) in [5, 5.41) is 1.15. The Labute approximate surface area is 158 Å². The predicted molar refractivity (Wildman–Crippen MR) is 105 cm³/mol. The zero-order chi connectivity index (χ0) is 19.9. The summed E-state index contributed by atoms with van der Waals surface area (Å²) < 4.78 is 10.2. The fourth-order valence-electron chi connectivity index (χ4n) is 2.16. The quantitative estimate of drug-likeness (QED) is 0.320. The van der Waals surface area contributed by atoms with E-state index >= 15 is 0 Å². The zero-order valence-electron chi connectivity index (χ0n) is 17.2. The Hall–Kier alpha value is -1.98. The van der Waals surface area contributed by atoms with Gasteiger partial charge in [0.1, 0.15) is 0 Å². The summed E-state index contributed by atoms with van der Waals surface area (Å²) in [5.74, 6) is 0. The summed E-state index contributed by atoms with van der Waals surface area (Å²) in [6.07, 6.45) is 9.57. The van der Waals surface area contributed by atoms with Crippen LogP contribution in [0.4, 0.5) is 9.59 Å². The molecule has 0 unspecified atom stereocenters. The number of nitrogens with zero attached hydrogens (tertiary/aromatic N) is 1. The van der Waals surface area contributed by atoms with Crippen LogP contribution in [0.15, 0.2) is 23.8 Å². The van der Waals surface area contributed by atoms with E-state index in [0.717, 1.165) is 37.1 Å². The third-order valence-corrected chi connectivity index (χ3v) is 3.41. The number of allylic oxidation sites excluding steroid dienone is 3. The third kappa shape index (κ3) is 12.4. The van der Waals surface area contributed by atoms with Crippen molar-refractivity contribution in [3.05, 3.63) is 23.8 Å². The molecule has 0 aliphatic carbocycles. The topological polar surface area (TPSA) is 67.9 Å². The lowest BCUT2D eigenvalue weighted by atomic mass is 10.1. The normalized spacial score (nSPS) is 11.9. The number of amides is 2. The van der Waals surface area contributed by atoms with Gasteiger partial charge in [0.05, 0.1) is 18.8 Å². The minimum atomic E-state index is -0.670. The van der Waals surface area contributed by atoms with Crippen LogP contribution in [0.5, 0.6) is 0 Å². The number of hydrazine groups is 1. The van der Waals surface area contributed by atoms with Gasteiger partial charge < -0.3 is 9.47 Å². The van der Waals surface area contributed by atoms with Gasteiger partial charge in [-0.1, -0.05) is 37.6 Å². The highest BCUT2D eigenvalue weighted by Gasteiger charge is 2.19. The van der Waals surface area contributed by atoms with Crippen LogP contribution >= 0.6 is 0 Å². The van der Waals surface area contributed by atoms with Crippen molar-refractivity contribution in [3.63, 3.8) is 0 Å². The average Bonchev–Trinajstić information content (AvgIpc) is 2.54. The van der Waals surface area contributed by atoms with Gasteiger partial charge in [-0.3, -0.25) is 0 Å². The van der Waals surface area contributed by atoms with Crippen molar-refractivity contribution < 1.29 is 19.1 Å². The first-order chi connectivity index (χ1) is 12.3. The number of carbonyl (C=O) groups is 2. The van der Waals surface area contributed by atoms with Crippen molar-refractivity contribution >= 4 is 12.2 Å². The van der Waals surface area contributed by atoms with E-state index in [1.807, 2.05) is 6.08 Å². The molecule has 1 N–H and O–H groups in total. The van der Waals surface area contributed by atoms with Gasteiger partial charge in [0.15, 0.2) is 0 Å². The minimum Gasteiger partial charge on any atom is -0.446 e. The van der Waals surface area contributed by atoms with Crippen molar-refractivity contribution in [2.45, 2.75) is 85.9 Å². The molecule has 0 saturated carbocycles. The van der Waals surface area contributed by atoms with Crippen LogP contribution in [0.1, 0.15) is 73.6 Å². The minimum absolute atomic E-state index is 0.243. The predicted octanol–water partition coefficient (Wildman–Crippen LogP) is 5.36. The average molecular weight is 369 g/mol. The summed E-state index contributed by atoms with van der Waals surface area (Å²) in [6, 6.07) is 0. The van der Waals surface area contributed by atoms with Crippen molar-refractivity contribution in [1.82, 2.24) is 10.4 Å². The van der Waals surface area contributed by atoms with Crippen molar-refractivity contribution in [1.29, 1.82) is 0 Å². The summed E-state index contributed by atoms with van der Waals surface area (Å²) in [5.41, 5.74) is 3.71. The number of hydrogen-bond donors (Lipinski definition) is 1. The molecule has 0 aromatic carbocycles. The Morgan fingerprint density at radius 1 is 1.04 bits per heavy atom. The number of carbonyl (C=O) groups excluding carboxylic acids is 2. The largest absolute Gasteiger partial charge is 0.446 e. The van der Waals surface area contributed by atoms with E-state index in [1.165, 1.54) is 5.57 Å². The Balaban J connectivity index is 4.81. The van der Waals surface area contributed by atoms with Gasteiger partial charge in [0.2, 0.25) is 0 Å². The third-order valence-electron chi connectivity index (χ3n) is 3.41. The van der Waals surface area contributed by atoms with Gasteiger partial charge in [-0.2, -0.15) is 0 Å². The van der Waals surface area contributed by atoms with E-state index < -0.39 is 12.2 Å². The van der Waals surface area contributed by atoms with Gasteiger partial charge >= 0.3 is 12.2 Å². The van der Waals surface area contributed by atoms with Crippen molar-refractivity contribution in [3.8, 4) is 0 Å². The maximum atomic E-state index is 12.2. The van der Waals surface area contributed by atoms with E-state index in [4.69, 9.17) is 9.47 Å². The maximum Gasteiger partial charge on any atom is 0.429 e. The first-order valence-electron chi connectivity index (χ1n) is 9.58. The molecular formula is C20H36N2O4. The van der Waals surface area contributed by atoms with Gasteiger partial charge in [0.25, 0.3) is 0 Å². The fourth-order valence-corrected chi connectivity index (χ4v) is 2.16. The lowest BCUT2D eigenvalue weighted by Gasteiger charge is -2.23. The van der Waals surface area contributed by atoms with E-state index in [0.29, 0.717) is 0 Å². The molecule has 0 heterocycles. The highest BCUT2D eigenvalue weighted by atomic mass is 16.6. The molecule has 0 saturated heterocycles. The second kappa shape index (κ2) is 14.2. The molecule has 6 nitrogen and oxygen atoms in total. The molecule has 0 rings (SSSR count). The summed E-state index contributed by atoms with van der Waals surface area (Å²) in [6.45, 7) is 11.5. The monoisotopic (exact) mass is 368 g/mol. The molecule has 0 radical (unpaired) electrons. The summed E-state index contributed by atoms with van der Waals surface area (Å²) >= 11 is 0. The molecule has 26 heavy (non-hydrogen) atoms. The number of unbranched alkanes of at least 4 members (excludes halogenated alkanes) is 1. The number of nitrogens with one attached hydrogen (secondary N) is 1. The van der Waals surface area contributed by atoms with Crippen LogP contribution in [0, 0.1) is 0 Å². The first-order valence-corrected chi connectivity index (χ1v) is 9.58. The van der Waals surface area contributed by atoms with Crippen LogP contribution in [-0.2, 0) is 9.47 Å². The second-order valence-electron chi connectivity index (χ2n) is 6.60. The lowest BCUT2D eigenvalue weighted by molar-refractivity contribution is 0.0510. The zero-order valence-corrected chi connectivity index (χ0v) is 17.2. The molecule has 0 bridgehead atoms. The molecule has 6 heteroatoms. The molecule has 0 fully saturated rings. The molecule has 0 aromatic rings. The SMILES string of the molecule is CC/C=C/CCC/C(=C/CN(NC(=O)OC(C)C)C(=O)OC(C)C)CC. The van der Waals surface area contributed by atoms with Crippen LogP contribution in [-0.4, -0.2) is 35.9 Å².